The Labute approximate surface area is 89.1 Å². The van der Waals surface area contributed by atoms with Gasteiger partial charge in [-0.1, -0.05) is 0 Å². The van der Waals surface area contributed by atoms with Crippen LogP contribution in [0.1, 0.15) is 16.8 Å². The van der Waals surface area contributed by atoms with E-state index in [-0.39, 0.29) is 10.7 Å². The maximum Gasteiger partial charge on any atom is 0.417 e. The predicted molar refractivity (Wildman–Crippen MR) is 50.5 cm³/mol. The molecule has 0 saturated heterocycles. The molecule has 1 heterocycles. The van der Waals surface area contributed by atoms with Gasteiger partial charge in [0.25, 0.3) is 0 Å². The Balaban J connectivity index is 3.51. The van der Waals surface area contributed by atoms with E-state index in [1.165, 1.54) is 6.92 Å². The first-order valence-electron chi connectivity index (χ1n) is 3.93. The summed E-state index contributed by atoms with van der Waals surface area (Å²) in [7, 11) is 0. The number of alkyl halides is 3. The van der Waals surface area contributed by atoms with Crippen LogP contribution in [0.25, 0.3) is 0 Å². The number of hydrogen-bond acceptors (Lipinski definition) is 3. The van der Waals surface area contributed by atoms with Gasteiger partial charge in [0.2, 0.25) is 0 Å². The monoisotopic (exact) mass is 232 g/mol. The van der Waals surface area contributed by atoms with Crippen LogP contribution in [-0.4, -0.2) is 11.2 Å². The van der Waals surface area contributed by atoms with E-state index in [9.17, 15) is 13.2 Å². The van der Waals surface area contributed by atoms with Gasteiger partial charge >= 0.3 is 6.18 Å². The molecule has 0 aliphatic heterocycles. The second kappa shape index (κ2) is 4.11. The molecule has 1 rings (SSSR count). The van der Waals surface area contributed by atoms with Gasteiger partial charge in [-0.3, -0.25) is 0 Å². The first-order chi connectivity index (χ1) is 6.90. The molecule has 0 atom stereocenters. The van der Waals surface area contributed by atoms with Gasteiger partial charge in [-0.2, -0.15) is 18.4 Å². The van der Waals surface area contributed by atoms with Crippen LogP contribution < -0.4 is 0 Å². The van der Waals surface area contributed by atoms with E-state index in [1.807, 2.05) is 0 Å². The molecular weight excluding hydrogens is 225 g/mol. The number of nitrogens with zero attached hydrogens (tertiary/aromatic N) is 2. The molecule has 0 unspecified atom stereocenters. The van der Waals surface area contributed by atoms with Crippen molar-refractivity contribution in [1.82, 2.24) is 4.98 Å². The second-order valence-corrected chi connectivity index (χ2v) is 3.60. The molecule has 0 fully saturated rings. The van der Waals surface area contributed by atoms with Crippen LogP contribution in [-0.2, 0) is 6.18 Å². The molecule has 6 heteroatoms. The van der Waals surface area contributed by atoms with Gasteiger partial charge in [0, 0.05) is 5.69 Å². The second-order valence-electron chi connectivity index (χ2n) is 2.81. The van der Waals surface area contributed by atoms with Crippen molar-refractivity contribution in [2.45, 2.75) is 18.1 Å². The average molecular weight is 232 g/mol. The van der Waals surface area contributed by atoms with Crippen molar-refractivity contribution in [3.63, 3.8) is 0 Å². The summed E-state index contributed by atoms with van der Waals surface area (Å²) in [6.07, 6.45) is -2.92. The SMILES string of the molecule is CSc1nc(C)cc(C(F)(F)F)c1C#N. The topological polar surface area (TPSA) is 36.7 Å². The number of aryl methyl sites for hydroxylation is 1. The lowest BCUT2D eigenvalue weighted by molar-refractivity contribution is -0.138. The molecule has 0 saturated carbocycles. The standard InChI is InChI=1S/C9H7F3N2S/c1-5-3-7(9(10,11)12)6(4-13)8(14-5)15-2/h3H,1-2H3. The molecule has 15 heavy (non-hydrogen) atoms. The van der Waals surface area contributed by atoms with Crippen LogP contribution in [0.5, 0.6) is 0 Å². The third-order valence-corrected chi connectivity index (χ3v) is 2.41. The lowest BCUT2D eigenvalue weighted by atomic mass is 10.1. The summed E-state index contributed by atoms with van der Waals surface area (Å²) in [5, 5.41) is 8.80. The third kappa shape index (κ3) is 2.42. The Bertz CT molecular complexity index is 421. The van der Waals surface area contributed by atoms with E-state index in [2.05, 4.69) is 4.98 Å². The number of pyridine rings is 1. The zero-order valence-corrected chi connectivity index (χ0v) is 8.83. The lowest BCUT2D eigenvalue weighted by Crippen LogP contribution is -2.10. The molecule has 0 N–H and O–H groups in total. The molecule has 1 aromatic rings. The molecule has 0 aromatic carbocycles. The third-order valence-electron chi connectivity index (χ3n) is 1.72. The molecular formula is C9H7F3N2S. The molecule has 0 aliphatic carbocycles. The van der Waals surface area contributed by atoms with Crippen LogP contribution in [0.15, 0.2) is 11.1 Å². The summed E-state index contributed by atoms with van der Waals surface area (Å²) >= 11 is 1.03. The highest BCUT2D eigenvalue weighted by molar-refractivity contribution is 7.98. The van der Waals surface area contributed by atoms with Crippen molar-refractivity contribution in [2.24, 2.45) is 0 Å². The van der Waals surface area contributed by atoms with Crippen LogP contribution in [0.4, 0.5) is 13.2 Å². The zero-order chi connectivity index (χ0) is 11.6. The molecule has 0 amide bonds. The minimum atomic E-state index is -4.51. The number of hydrogen-bond donors (Lipinski definition) is 0. The zero-order valence-electron chi connectivity index (χ0n) is 8.01. The fourth-order valence-electron chi connectivity index (χ4n) is 1.12. The Morgan fingerprint density at radius 2 is 2.07 bits per heavy atom. The first-order valence-corrected chi connectivity index (χ1v) is 5.15. The number of rotatable bonds is 1. The quantitative estimate of drug-likeness (QED) is 0.698. The van der Waals surface area contributed by atoms with Gasteiger partial charge in [0.1, 0.15) is 11.1 Å². The van der Waals surface area contributed by atoms with Gasteiger partial charge < -0.3 is 0 Å². The normalized spacial score (nSPS) is 11.2. The Hall–Kier alpha value is -1.22. The lowest BCUT2D eigenvalue weighted by Gasteiger charge is -2.11. The van der Waals surface area contributed by atoms with Crippen molar-refractivity contribution in [3.8, 4) is 6.07 Å². The van der Waals surface area contributed by atoms with Crippen molar-refractivity contribution < 1.29 is 13.2 Å². The Morgan fingerprint density at radius 1 is 1.47 bits per heavy atom. The van der Waals surface area contributed by atoms with Crippen molar-refractivity contribution in [2.75, 3.05) is 6.26 Å². The molecule has 80 valence electrons. The maximum absolute atomic E-state index is 12.5. The summed E-state index contributed by atoms with van der Waals surface area (Å²) in [6, 6.07) is 2.43. The molecule has 0 bridgehead atoms. The summed E-state index contributed by atoms with van der Waals surface area (Å²) in [4.78, 5) is 3.88. The van der Waals surface area contributed by atoms with Gasteiger partial charge in [-0.15, -0.1) is 11.8 Å². The highest BCUT2D eigenvalue weighted by Gasteiger charge is 2.35. The number of nitriles is 1. The molecule has 1 aromatic heterocycles. The smallest absolute Gasteiger partial charge is 0.245 e. The van der Waals surface area contributed by atoms with Crippen LogP contribution >= 0.6 is 11.8 Å². The summed E-state index contributed by atoms with van der Waals surface area (Å²) in [6.45, 7) is 1.47. The number of thioether (sulfide) groups is 1. The van der Waals surface area contributed by atoms with E-state index in [0.717, 1.165) is 17.8 Å². The van der Waals surface area contributed by atoms with E-state index in [4.69, 9.17) is 5.26 Å². The molecule has 0 spiro atoms. The maximum atomic E-state index is 12.5. The van der Waals surface area contributed by atoms with E-state index >= 15 is 0 Å². The number of halogens is 3. The fourth-order valence-corrected chi connectivity index (χ4v) is 1.72. The Morgan fingerprint density at radius 3 is 2.47 bits per heavy atom. The molecule has 0 aliphatic rings. The van der Waals surface area contributed by atoms with Crippen LogP contribution in [0, 0.1) is 18.3 Å². The summed E-state index contributed by atoms with van der Waals surface area (Å²) in [5.41, 5.74) is -1.06. The van der Waals surface area contributed by atoms with Crippen molar-refractivity contribution >= 4 is 11.8 Å². The van der Waals surface area contributed by atoms with Gasteiger partial charge in [-0.25, -0.2) is 4.98 Å². The van der Waals surface area contributed by atoms with E-state index in [1.54, 1.807) is 12.3 Å². The van der Waals surface area contributed by atoms with Crippen LogP contribution in [0.2, 0.25) is 0 Å². The fraction of sp³-hybridized carbons (Fsp3) is 0.333. The van der Waals surface area contributed by atoms with Gasteiger partial charge in [0.15, 0.2) is 0 Å². The minimum Gasteiger partial charge on any atom is -0.245 e. The summed E-state index contributed by atoms with van der Waals surface area (Å²) < 4.78 is 37.6. The largest absolute Gasteiger partial charge is 0.417 e. The summed E-state index contributed by atoms with van der Waals surface area (Å²) in [5.74, 6) is 0. The van der Waals surface area contributed by atoms with Gasteiger partial charge in [0.05, 0.1) is 11.1 Å². The highest BCUT2D eigenvalue weighted by atomic mass is 32.2. The Kier molecular flexibility index (Phi) is 3.25. The highest BCUT2D eigenvalue weighted by Crippen LogP contribution is 2.35. The van der Waals surface area contributed by atoms with Crippen molar-refractivity contribution in [1.29, 1.82) is 5.26 Å². The van der Waals surface area contributed by atoms with Crippen LogP contribution in [0.3, 0.4) is 0 Å². The average Bonchev–Trinajstić information content (AvgIpc) is 2.15. The number of aromatic nitrogens is 1. The molecule has 2 nitrogen and oxygen atoms in total. The molecule has 0 radical (unpaired) electrons. The minimum absolute atomic E-state index is 0.116. The first kappa shape index (κ1) is 11.9. The predicted octanol–water partition coefficient (Wildman–Crippen LogP) is 3.00. The van der Waals surface area contributed by atoms with Gasteiger partial charge in [-0.05, 0) is 19.2 Å². The van der Waals surface area contributed by atoms with E-state index in [0.29, 0.717) is 0 Å². The van der Waals surface area contributed by atoms with Crippen molar-refractivity contribution in [3.05, 3.63) is 22.9 Å². The van der Waals surface area contributed by atoms with E-state index < -0.39 is 17.3 Å².